The number of carbonyl (C=O) groups excluding carboxylic acids is 1. The molecule has 0 amide bonds. The molecule has 1 aromatic rings. The lowest BCUT2D eigenvalue weighted by Crippen LogP contribution is -2.16. The molecule has 0 heterocycles. The van der Waals surface area contributed by atoms with Gasteiger partial charge >= 0.3 is 0 Å². The first-order chi connectivity index (χ1) is 9.03. The predicted octanol–water partition coefficient (Wildman–Crippen LogP) is 5.03. The van der Waals surface area contributed by atoms with Gasteiger partial charge < -0.3 is 0 Å². The minimum atomic E-state index is -2.92. The Morgan fingerprint density at radius 1 is 1.32 bits per heavy atom. The second kappa shape index (κ2) is 8.38. The third-order valence-corrected chi connectivity index (χ3v) is 4.31. The van der Waals surface area contributed by atoms with E-state index in [1.807, 2.05) is 30.3 Å². The van der Waals surface area contributed by atoms with E-state index in [1.165, 1.54) is 6.08 Å². The summed E-state index contributed by atoms with van der Waals surface area (Å²) in [5.74, 6) is -3.42. The zero-order chi connectivity index (χ0) is 14.1. The largest absolute Gasteiger partial charge is 0.275 e. The molecular weight excluding hydrogens is 286 g/mol. The van der Waals surface area contributed by atoms with E-state index in [0.717, 1.165) is 29.8 Å². The number of benzene rings is 1. The average molecular weight is 302 g/mol. The van der Waals surface area contributed by atoms with Crippen LogP contribution in [-0.2, 0) is 6.42 Å². The Balaban J connectivity index is 2.32. The quantitative estimate of drug-likeness (QED) is 0.686. The van der Waals surface area contributed by atoms with E-state index in [-0.39, 0.29) is 4.45 Å². The molecule has 0 atom stereocenters. The topological polar surface area (TPSA) is 17.1 Å². The van der Waals surface area contributed by atoms with Crippen molar-refractivity contribution in [2.75, 3.05) is 12.0 Å². The maximum Gasteiger partial charge on any atom is 0.275 e. The Kier molecular flexibility index (Phi) is 7.16. The van der Waals surface area contributed by atoms with Gasteiger partial charge in [-0.25, -0.2) is 8.78 Å². The molecule has 0 aliphatic rings. The fourth-order valence-corrected chi connectivity index (χ4v) is 2.47. The molecule has 0 spiro atoms. The molecule has 0 saturated carbocycles. The van der Waals surface area contributed by atoms with Gasteiger partial charge in [-0.05, 0) is 30.7 Å². The van der Waals surface area contributed by atoms with Crippen LogP contribution in [0.3, 0.4) is 0 Å². The fraction of sp³-hybridized carbons (Fsp3) is 0.357. The smallest absolute Gasteiger partial charge is 0.274 e. The highest BCUT2D eigenvalue weighted by Crippen LogP contribution is 2.25. The van der Waals surface area contributed by atoms with Crippen LogP contribution in [0.25, 0.3) is 0 Å². The summed E-state index contributed by atoms with van der Waals surface area (Å²) in [4.78, 5) is 10.9. The lowest BCUT2D eigenvalue weighted by molar-refractivity contribution is 0.0828. The monoisotopic (exact) mass is 302 g/mol. The Morgan fingerprint density at radius 3 is 2.63 bits per heavy atom. The zero-order valence-corrected chi connectivity index (χ0v) is 12.3. The Hall–Kier alpha value is -0.810. The summed E-state index contributed by atoms with van der Waals surface area (Å²) < 4.78 is 26.5. The molecule has 104 valence electrons. The highest BCUT2D eigenvalue weighted by molar-refractivity contribution is 8.38. The molecule has 0 bridgehead atoms. The number of halogens is 2. The van der Waals surface area contributed by atoms with Crippen LogP contribution < -0.4 is 0 Å². The van der Waals surface area contributed by atoms with Crippen LogP contribution in [0.4, 0.5) is 13.6 Å². The third-order valence-electron chi connectivity index (χ3n) is 2.35. The van der Waals surface area contributed by atoms with Gasteiger partial charge in [0, 0.05) is 0 Å². The molecule has 1 nitrogen and oxygen atoms in total. The number of allylic oxidation sites excluding steroid dienone is 2. The first kappa shape index (κ1) is 16.2. The molecular formula is C14H16F2OS2. The first-order valence-corrected chi connectivity index (χ1v) is 8.05. The zero-order valence-electron chi connectivity index (χ0n) is 10.6. The van der Waals surface area contributed by atoms with Gasteiger partial charge in [0.1, 0.15) is 0 Å². The van der Waals surface area contributed by atoms with E-state index in [2.05, 4.69) is 0 Å². The van der Waals surface area contributed by atoms with Crippen LogP contribution in [0.5, 0.6) is 0 Å². The van der Waals surface area contributed by atoms with Crippen molar-refractivity contribution in [3.8, 4) is 0 Å². The van der Waals surface area contributed by atoms with Gasteiger partial charge in [0.2, 0.25) is 4.45 Å². The molecule has 19 heavy (non-hydrogen) atoms. The summed E-state index contributed by atoms with van der Waals surface area (Å²) in [6.07, 6.45) is 5.28. The normalized spacial score (nSPS) is 11.9. The van der Waals surface area contributed by atoms with Gasteiger partial charge in [0.05, 0.1) is 5.75 Å². The standard InChI is InChI=1S/C14H16F2OS2/c1-18-13(17)19-11-14(15,16)10-6-5-9-12-7-3-2-4-8-12/h2-4,6-8,10H,5,9,11H2,1H3/b10-6+. The fourth-order valence-electron chi connectivity index (χ4n) is 1.41. The first-order valence-electron chi connectivity index (χ1n) is 5.84. The van der Waals surface area contributed by atoms with Gasteiger partial charge in [-0.15, -0.1) is 0 Å². The molecule has 1 rings (SSSR count). The average Bonchev–Trinajstić information content (AvgIpc) is 2.42. The minimum Gasteiger partial charge on any atom is -0.274 e. The molecule has 0 aliphatic carbocycles. The van der Waals surface area contributed by atoms with E-state index in [1.54, 1.807) is 6.26 Å². The van der Waals surface area contributed by atoms with Crippen LogP contribution in [-0.4, -0.2) is 22.4 Å². The number of carbonyl (C=O) groups is 1. The van der Waals surface area contributed by atoms with E-state index in [0.29, 0.717) is 18.2 Å². The number of hydrogen-bond donors (Lipinski definition) is 0. The Morgan fingerprint density at radius 2 is 2.00 bits per heavy atom. The van der Waals surface area contributed by atoms with E-state index in [9.17, 15) is 13.6 Å². The van der Waals surface area contributed by atoms with E-state index < -0.39 is 11.7 Å². The summed E-state index contributed by atoms with van der Waals surface area (Å²) in [7, 11) is 0. The van der Waals surface area contributed by atoms with Gasteiger partial charge in [0.15, 0.2) is 0 Å². The van der Waals surface area contributed by atoms with Crippen molar-refractivity contribution in [2.24, 2.45) is 0 Å². The number of alkyl halides is 2. The number of aryl methyl sites for hydroxylation is 1. The number of thioether (sulfide) groups is 2. The molecule has 1 aromatic carbocycles. The van der Waals surface area contributed by atoms with Crippen molar-refractivity contribution in [2.45, 2.75) is 18.8 Å². The maximum absolute atomic E-state index is 13.4. The molecule has 0 fully saturated rings. The highest BCUT2D eigenvalue weighted by atomic mass is 32.2. The van der Waals surface area contributed by atoms with E-state index in [4.69, 9.17) is 0 Å². The van der Waals surface area contributed by atoms with Crippen molar-refractivity contribution in [3.63, 3.8) is 0 Å². The van der Waals surface area contributed by atoms with Gasteiger partial charge in [0.25, 0.3) is 5.92 Å². The van der Waals surface area contributed by atoms with Crippen LogP contribution >= 0.6 is 23.5 Å². The van der Waals surface area contributed by atoms with Crippen molar-refractivity contribution in [1.29, 1.82) is 0 Å². The van der Waals surface area contributed by atoms with Crippen LogP contribution in [0.2, 0.25) is 0 Å². The van der Waals surface area contributed by atoms with Gasteiger partial charge in [-0.2, -0.15) is 0 Å². The van der Waals surface area contributed by atoms with Gasteiger partial charge in [-0.3, -0.25) is 4.79 Å². The second-order valence-electron chi connectivity index (χ2n) is 3.93. The van der Waals surface area contributed by atoms with E-state index >= 15 is 0 Å². The molecule has 0 saturated heterocycles. The Labute approximate surface area is 120 Å². The molecule has 5 heteroatoms. The summed E-state index contributed by atoms with van der Waals surface area (Å²) in [5, 5.41) is 0. The van der Waals surface area contributed by atoms with Crippen LogP contribution in [0, 0.1) is 0 Å². The summed E-state index contributed by atoms with van der Waals surface area (Å²) in [5.41, 5.74) is 1.13. The van der Waals surface area contributed by atoms with Crippen molar-refractivity contribution in [3.05, 3.63) is 48.0 Å². The van der Waals surface area contributed by atoms with Crippen molar-refractivity contribution >= 4 is 28.0 Å². The SMILES string of the molecule is CSC(=O)SCC(F)(F)/C=C/CCc1ccccc1. The lowest BCUT2D eigenvalue weighted by Gasteiger charge is -2.09. The summed E-state index contributed by atoms with van der Waals surface area (Å²) in [6.45, 7) is 0. The summed E-state index contributed by atoms with van der Waals surface area (Å²) in [6, 6.07) is 9.72. The second-order valence-corrected chi connectivity index (χ2v) is 5.92. The maximum atomic E-state index is 13.4. The minimum absolute atomic E-state index is 0.280. The highest BCUT2D eigenvalue weighted by Gasteiger charge is 2.26. The predicted molar refractivity (Wildman–Crippen MR) is 80.2 cm³/mol. The summed E-state index contributed by atoms with van der Waals surface area (Å²) >= 11 is 1.62. The molecule has 0 unspecified atom stereocenters. The molecule has 0 aliphatic heterocycles. The van der Waals surface area contributed by atoms with Crippen molar-refractivity contribution < 1.29 is 13.6 Å². The third kappa shape index (κ3) is 7.38. The van der Waals surface area contributed by atoms with Crippen molar-refractivity contribution in [1.82, 2.24) is 0 Å². The molecule has 0 N–H and O–H groups in total. The molecule has 0 radical (unpaired) electrons. The Bertz CT molecular complexity index is 419. The van der Waals surface area contributed by atoms with Gasteiger partial charge in [-0.1, -0.05) is 59.9 Å². The molecule has 0 aromatic heterocycles. The lowest BCUT2D eigenvalue weighted by atomic mass is 10.1. The number of rotatable bonds is 6. The van der Waals surface area contributed by atoms with Crippen LogP contribution in [0.15, 0.2) is 42.5 Å². The number of hydrogen-bond acceptors (Lipinski definition) is 3. The van der Waals surface area contributed by atoms with Crippen LogP contribution in [0.1, 0.15) is 12.0 Å².